The maximum Gasteiger partial charge on any atom is 0.421 e. The van der Waals surface area contributed by atoms with Crippen molar-refractivity contribution >= 4 is 38.4 Å². The molecule has 31 heavy (non-hydrogen) atoms. The van der Waals surface area contributed by atoms with E-state index in [4.69, 9.17) is 0 Å². The van der Waals surface area contributed by atoms with Crippen LogP contribution in [0.25, 0.3) is 10.9 Å². The lowest BCUT2D eigenvalue weighted by Crippen LogP contribution is -2.19. The Labute approximate surface area is 173 Å². The molecule has 0 unspecified atom stereocenters. The molecule has 2 aliphatic rings. The molecular weight excluding hydrogens is 440 g/mol. The molecule has 1 aromatic carbocycles. The van der Waals surface area contributed by atoms with Crippen LogP contribution < -0.4 is 10.6 Å². The summed E-state index contributed by atoms with van der Waals surface area (Å²) < 4.78 is 80.1. The minimum atomic E-state index is -4.63. The molecule has 2 N–H and O–H groups in total. The molecule has 2 aromatic heterocycles. The summed E-state index contributed by atoms with van der Waals surface area (Å²) in [7, 11) is -3.82. The summed E-state index contributed by atoms with van der Waals surface area (Å²) >= 11 is 0. The third kappa shape index (κ3) is 3.66. The van der Waals surface area contributed by atoms with Crippen molar-refractivity contribution in [1.82, 2.24) is 19.2 Å². The van der Waals surface area contributed by atoms with Gasteiger partial charge in [0.25, 0.3) is 10.0 Å². The smallest absolute Gasteiger partial charge is 0.367 e. The number of hydrogen-bond donors (Lipinski definition) is 2. The molecule has 2 heterocycles. The number of benzene rings is 1. The van der Waals surface area contributed by atoms with Gasteiger partial charge in [-0.25, -0.2) is 17.8 Å². The molecule has 0 radical (unpaired) electrons. The summed E-state index contributed by atoms with van der Waals surface area (Å²) in [6.45, 7) is 0. The van der Waals surface area contributed by atoms with Crippen molar-refractivity contribution in [2.75, 3.05) is 10.6 Å². The summed E-state index contributed by atoms with van der Waals surface area (Å²) in [5.74, 6) is -1.29. The number of aromatic nitrogens is 4. The Morgan fingerprint density at radius 1 is 1.10 bits per heavy atom. The number of alkyl halides is 3. The lowest BCUT2D eigenvalue weighted by atomic mass is 10.2. The molecule has 0 spiro atoms. The first-order chi connectivity index (χ1) is 14.6. The average Bonchev–Trinajstić information content (AvgIpc) is 3.62. The lowest BCUT2D eigenvalue weighted by molar-refractivity contribution is -0.137. The van der Waals surface area contributed by atoms with Gasteiger partial charge in [0.1, 0.15) is 16.9 Å². The Morgan fingerprint density at radius 2 is 1.84 bits per heavy atom. The van der Waals surface area contributed by atoms with Crippen LogP contribution in [0.15, 0.2) is 24.5 Å². The molecule has 3 aromatic rings. The van der Waals surface area contributed by atoms with Crippen molar-refractivity contribution in [3.05, 3.63) is 35.9 Å². The fraction of sp³-hybridized carbons (Fsp3) is 0.389. The molecule has 2 fully saturated rings. The average molecular weight is 456 g/mol. The van der Waals surface area contributed by atoms with Crippen LogP contribution in [0, 0.1) is 5.82 Å². The van der Waals surface area contributed by atoms with Gasteiger partial charge in [0.15, 0.2) is 5.82 Å². The molecule has 8 nitrogen and oxygen atoms in total. The first kappa shape index (κ1) is 20.0. The standard InChI is InChI=1S/C18H16F4N6O2S/c19-13-5-6-14(11-7-24-28(15(11)13)31(29,30)10-3-4-10)26-17-23-8-12(18(20,21)22)16(27-17)25-9-1-2-9/h5-10H,1-4H2,(H2,23,25,26,27). The third-order valence-electron chi connectivity index (χ3n) is 5.10. The van der Waals surface area contributed by atoms with E-state index < -0.39 is 32.8 Å². The van der Waals surface area contributed by atoms with Crippen LogP contribution >= 0.6 is 0 Å². The number of nitrogens with one attached hydrogen (secondary N) is 2. The SMILES string of the molecule is O=S(=O)(C1CC1)n1ncc2c(Nc3ncc(C(F)(F)F)c(NC4CC4)n3)ccc(F)c21. The van der Waals surface area contributed by atoms with Gasteiger partial charge in [-0.1, -0.05) is 0 Å². The molecule has 164 valence electrons. The van der Waals surface area contributed by atoms with Crippen LogP contribution in [0.2, 0.25) is 0 Å². The topological polar surface area (TPSA) is 102 Å². The highest BCUT2D eigenvalue weighted by Crippen LogP contribution is 2.37. The van der Waals surface area contributed by atoms with E-state index in [1.54, 1.807) is 0 Å². The van der Waals surface area contributed by atoms with Crippen LogP contribution in [0.3, 0.4) is 0 Å². The van der Waals surface area contributed by atoms with Crippen molar-refractivity contribution in [2.24, 2.45) is 0 Å². The summed E-state index contributed by atoms with van der Waals surface area (Å²) in [4.78, 5) is 7.68. The molecule has 0 amide bonds. The van der Waals surface area contributed by atoms with Gasteiger partial charge in [0.2, 0.25) is 5.95 Å². The molecule has 0 bridgehead atoms. The van der Waals surface area contributed by atoms with Crippen LogP contribution in [-0.4, -0.2) is 38.9 Å². The lowest BCUT2D eigenvalue weighted by Gasteiger charge is -2.15. The summed E-state index contributed by atoms with van der Waals surface area (Å²) in [5, 5.41) is 8.89. The van der Waals surface area contributed by atoms with Gasteiger partial charge in [-0.2, -0.15) is 27.3 Å². The van der Waals surface area contributed by atoms with Gasteiger partial charge in [0, 0.05) is 17.6 Å². The molecule has 0 atom stereocenters. The first-order valence-corrected chi connectivity index (χ1v) is 11.0. The molecule has 2 saturated carbocycles. The Morgan fingerprint density at radius 3 is 2.48 bits per heavy atom. The monoisotopic (exact) mass is 456 g/mol. The van der Waals surface area contributed by atoms with Crippen LogP contribution in [0.5, 0.6) is 0 Å². The van der Waals surface area contributed by atoms with Crippen molar-refractivity contribution in [1.29, 1.82) is 0 Å². The van der Waals surface area contributed by atoms with Crippen LogP contribution in [0.1, 0.15) is 31.2 Å². The Kier molecular flexibility index (Phi) is 4.36. The van der Waals surface area contributed by atoms with E-state index in [0.717, 1.165) is 18.9 Å². The summed E-state index contributed by atoms with van der Waals surface area (Å²) in [5.41, 5.74) is -1.01. The number of halogens is 4. The molecule has 0 aliphatic heterocycles. The van der Waals surface area contributed by atoms with Crippen molar-refractivity contribution in [2.45, 2.75) is 43.2 Å². The molecule has 0 saturated heterocycles. The van der Waals surface area contributed by atoms with E-state index in [9.17, 15) is 26.0 Å². The van der Waals surface area contributed by atoms with E-state index in [0.29, 0.717) is 23.1 Å². The zero-order valence-corrected chi connectivity index (χ0v) is 16.6. The van der Waals surface area contributed by atoms with Gasteiger partial charge in [-0.15, -0.1) is 0 Å². The molecule has 5 rings (SSSR count). The number of anilines is 3. The quantitative estimate of drug-likeness (QED) is 0.546. The van der Waals surface area contributed by atoms with E-state index in [2.05, 4.69) is 25.7 Å². The predicted molar refractivity (Wildman–Crippen MR) is 104 cm³/mol. The van der Waals surface area contributed by atoms with Gasteiger partial charge >= 0.3 is 6.18 Å². The minimum absolute atomic E-state index is 0.0766. The second-order valence-corrected chi connectivity index (χ2v) is 9.63. The van der Waals surface area contributed by atoms with E-state index in [1.165, 1.54) is 12.3 Å². The van der Waals surface area contributed by atoms with Crippen LogP contribution in [0.4, 0.5) is 35.0 Å². The van der Waals surface area contributed by atoms with Crippen LogP contribution in [-0.2, 0) is 16.2 Å². The highest BCUT2D eigenvalue weighted by atomic mass is 32.2. The van der Waals surface area contributed by atoms with E-state index in [-0.39, 0.29) is 34.4 Å². The maximum absolute atomic E-state index is 14.5. The Hall–Kier alpha value is -2.96. The number of nitrogens with zero attached hydrogens (tertiary/aromatic N) is 4. The molecule has 13 heteroatoms. The van der Waals surface area contributed by atoms with Gasteiger partial charge in [-0.05, 0) is 37.8 Å². The molecular formula is C18H16F4N6O2S. The normalized spacial score (nSPS) is 17.2. The Balaban J connectivity index is 1.54. The fourth-order valence-electron chi connectivity index (χ4n) is 3.18. The third-order valence-corrected chi connectivity index (χ3v) is 7.17. The fourth-order valence-corrected chi connectivity index (χ4v) is 4.82. The van der Waals surface area contributed by atoms with Gasteiger partial charge in [-0.3, -0.25) is 0 Å². The predicted octanol–water partition coefficient (Wildman–Crippen LogP) is 3.64. The minimum Gasteiger partial charge on any atom is -0.367 e. The summed E-state index contributed by atoms with van der Waals surface area (Å²) in [6.07, 6.45) is -0.305. The highest BCUT2D eigenvalue weighted by molar-refractivity contribution is 7.90. The first-order valence-electron chi connectivity index (χ1n) is 9.53. The number of rotatable bonds is 6. The molecule has 2 aliphatic carbocycles. The number of hydrogen-bond acceptors (Lipinski definition) is 7. The summed E-state index contributed by atoms with van der Waals surface area (Å²) in [6, 6.07) is 2.30. The van der Waals surface area contributed by atoms with E-state index in [1.807, 2.05) is 0 Å². The zero-order chi connectivity index (χ0) is 22.0. The van der Waals surface area contributed by atoms with Gasteiger partial charge < -0.3 is 10.6 Å². The Bertz CT molecular complexity index is 1280. The van der Waals surface area contributed by atoms with Crippen molar-refractivity contribution in [3.63, 3.8) is 0 Å². The van der Waals surface area contributed by atoms with Crippen molar-refractivity contribution in [3.8, 4) is 0 Å². The second-order valence-electron chi connectivity index (χ2n) is 7.59. The van der Waals surface area contributed by atoms with E-state index >= 15 is 0 Å². The number of fused-ring (bicyclic) bond motifs is 1. The van der Waals surface area contributed by atoms with Gasteiger partial charge in [0.05, 0.1) is 17.1 Å². The highest BCUT2D eigenvalue weighted by Gasteiger charge is 2.39. The maximum atomic E-state index is 14.5. The largest absolute Gasteiger partial charge is 0.421 e. The van der Waals surface area contributed by atoms with Crippen molar-refractivity contribution < 1.29 is 26.0 Å². The second kappa shape index (κ2) is 6.77. The zero-order valence-electron chi connectivity index (χ0n) is 15.8.